The van der Waals surface area contributed by atoms with E-state index in [4.69, 9.17) is 9.47 Å². The van der Waals surface area contributed by atoms with Crippen LogP contribution in [0.1, 0.15) is 80.6 Å². The number of thiophene rings is 1. The van der Waals surface area contributed by atoms with E-state index in [1.807, 2.05) is 6.92 Å². The molecule has 1 aliphatic rings. The third-order valence-electron chi connectivity index (χ3n) is 5.23. The van der Waals surface area contributed by atoms with Gasteiger partial charge >= 0.3 is 11.9 Å². The SMILES string of the molecule is CCC(C(=O)OC(C)C)n1cnc2sc(C(=O)OC3CCCCC3)c(C)c2c1=O. The van der Waals surface area contributed by atoms with Crippen molar-refractivity contribution in [2.24, 2.45) is 0 Å². The molecule has 1 fully saturated rings. The summed E-state index contributed by atoms with van der Waals surface area (Å²) in [6.07, 6.45) is 6.53. The summed E-state index contributed by atoms with van der Waals surface area (Å²) in [5.74, 6) is -0.856. The van der Waals surface area contributed by atoms with E-state index in [2.05, 4.69) is 4.98 Å². The first-order valence-corrected chi connectivity index (χ1v) is 11.1. The summed E-state index contributed by atoms with van der Waals surface area (Å²) in [5, 5.41) is 0.365. The molecule has 0 amide bonds. The van der Waals surface area contributed by atoms with Crippen LogP contribution in [0.15, 0.2) is 11.1 Å². The molecule has 158 valence electrons. The van der Waals surface area contributed by atoms with E-state index in [0.29, 0.717) is 27.1 Å². The smallest absolute Gasteiger partial charge is 0.348 e. The van der Waals surface area contributed by atoms with Crippen molar-refractivity contribution in [3.8, 4) is 0 Å². The zero-order valence-corrected chi connectivity index (χ0v) is 18.2. The van der Waals surface area contributed by atoms with E-state index in [-0.39, 0.29) is 17.8 Å². The first kappa shape index (κ1) is 21.5. The van der Waals surface area contributed by atoms with Crippen molar-refractivity contribution < 1.29 is 19.1 Å². The van der Waals surface area contributed by atoms with Crippen LogP contribution in [-0.4, -0.2) is 33.7 Å². The normalized spacial score (nSPS) is 16.2. The van der Waals surface area contributed by atoms with Gasteiger partial charge in [0, 0.05) is 0 Å². The molecule has 0 aliphatic heterocycles. The first-order chi connectivity index (χ1) is 13.8. The van der Waals surface area contributed by atoms with Crippen molar-refractivity contribution in [2.75, 3.05) is 0 Å². The van der Waals surface area contributed by atoms with Gasteiger partial charge in [0.25, 0.3) is 5.56 Å². The number of carbonyl (C=O) groups is 2. The summed E-state index contributed by atoms with van der Waals surface area (Å²) < 4.78 is 12.3. The summed E-state index contributed by atoms with van der Waals surface area (Å²) in [6.45, 7) is 7.08. The lowest BCUT2D eigenvalue weighted by Crippen LogP contribution is -2.32. The molecule has 1 aliphatic carbocycles. The zero-order valence-electron chi connectivity index (χ0n) is 17.4. The van der Waals surface area contributed by atoms with Crippen LogP contribution in [0.5, 0.6) is 0 Å². The number of fused-ring (bicyclic) bond motifs is 1. The predicted molar refractivity (Wildman–Crippen MR) is 111 cm³/mol. The van der Waals surface area contributed by atoms with Crippen LogP contribution in [0.4, 0.5) is 0 Å². The molecule has 1 atom stereocenters. The highest BCUT2D eigenvalue weighted by Gasteiger charge is 2.27. The summed E-state index contributed by atoms with van der Waals surface area (Å²) in [5.41, 5.74) is 0.220. The van der Waals surface area contributed by atoms with Gasteiger partial charge in [0.05, 0.1) is 17.8 Å². The molecular formula is C21H28N2O5S. The topological polar surface area (TPSA) is 87.5 Å². The number of ether oxygens (including phenoxy) is 2. The highest BCUT2D eigenvalue weighted by Crippen LogP contribution is 2.30. The monoisotopic (exact) mass is 420 g/mol. The molecule has 0 bridgehead atoms. The first-order valence-electron chi connectivity index (χ1n) is 10.2. The quantitative estimate of drug-likeness (QED) is 0.652. The van der Waals surface area contributed by atoms with Crippen LogP contribution in [0, 0.1) is 6.92 Å². The number of aryl methyl sites for hydroxylation is 1. The second-order valence-electron chi connectivity index (χ2n) is 7.77. The minimum Gasteiger partial charge on any atom is -0.461 e. The van der Waals surface area contributed by atoms with Crippen LogP contribution >= 0.6 is 11.3 Å². The van der Waals surface area contributed by atoms with E-state index >= 15 is 0 Å². The largest absolute Gasteiger partial charge is 0.461 e. The molecule has 0 aromatic carbocycles. The maximum absolute atomic E-state index is 13.1. The Morgan fingerprint density at radius 1 is 1.28 bits per heavy atom. The van der Waals surface area contributed by atoms with Crippen molar-refractivity contribution in [3.63, 3.8) is 0 Å². The summed E-state index contributed by atoms with van der Waals surface area (Å²) in [7, 11) is 0. The lowest BCUT2D eigenvalue weighted by molar-refractivity contribution is -0.151. The van der Waals surface area contributed by atoms with Crippen molar-refractivity contribution >= 4 is 33.5 Å². The van der Waals surface area contributed by atoms with Gasteiger partial charge in [-0.15, -0.1) is 11.3 Å². The van der Waals surface area contributed by atoms with Gasteiger partial charge in [0.2, 0.25) is 0 Å². The highest BCUT2D eigenvalue weighted by molar-refractivity contribution is 7.20. The van der Waals surface area contributed by atoms with Gasteiger partial charge < -0.3 is 9.47 Å². The van der Waals surface area contributed by atoms with E-state index in [0.717, 1.165) is 25.7 Å². The van der Waals surface area contributed by atoms with Crippen LogP contribution in [0.2, 0.25) is 0 Å². The van der Waals surface area contributed by atoms with Crippen molar-refractivity contribution in [1.29, 1.82) is 0 Å². The number of esters is 2. The molecule has 0 saturated heterocycles. The highest BCUT2D eigenvalue weighted by atomic mass is 32.1. The Morgan fingerprint density at radius 3 is 2.59 bits per heavy atom. The third kappa shape index (κ3) is 4.52. The minimum atomic E-state index is -0.751. The standard InChI is InChI=1S/C21H28N2O5S/c1-5-15(20(25)27-12(2)3)23-11-22-18-16(19(23)24)13(4)17(29-18)21(26)28-14-9-7-6-8-10-14/h11-12,14-15H,5-10H2,1-4H3. The van der Waals surface area contributed by atoms with Gasteiger partial charge in [-0.05, 0) is 58.4 Å². The van der Waals surface area contributed by atoms with Gasteiger partial charge in [-0.1, -0.05) is 13.3 Å². The third-order valence-corrected chi connectivity index (χ3v) is 6.41. The average Bonchev–Trinajstić information content (AvgIpc) is 3.02. The van der Waals surface area contributed by atoms with E-state index < -0.39 is 18.0 Å². The van der Waals surface area contributed by atoms with Gasteiger partial charge in [-0.25, -0.2) is 14.6 Å². The molecular weight excluding hydrogens is 392 g/mol. The molecule has 2 aromatic rings. The number of hydrogen-bond acceptors (Lipinski definition) is 7. The Kier molecular flexibility index (Phi) is 6.72. The number of rotatable bonds is 6. The van der Waals surface area contributed by atoms with Gasteiger partial charge in [0.1, 0.15) is 21.9 Å². The summed E-state index contributed by atoms with van der Waals surface area (Å²) in [4.78, 5) is 43.5. The zero-order chi connectivity index (χ0) is 21.1. The molecule has 1 unspecified atom stereocenters. The molecule has 29 heavy (non-hydrogen) atoms. The van der Waals surface area contributed by atoms with Gasteiger partial charge in [-0.2, -0.15) is 0 Å². The fourth-order valence-electron chi connectivity index (χ4n) is 3.73. The summed E-state index contributed by atoms with van der Waals surface area (Å²) in [6, 6.07) is -0.751. The molecule has 8 heteroatoms. The van der Waals surface area contributed by atoms with E-state index in [1.54, 1.807) is 20.8 Å². The molecule has 0 N–H and O–H groups in total. The van der Waals surface area contributed by atoms with Crippen molar-refractivity contribution in [3.05, 3.63) is 27.1 Å². The van der Waals surface area contributed by atoms with E-state index in [9.17, 15) is 14.4 Å². The van der Waals surface area contributed by atoms with Crippen LogP contribution in [0.25, 0.3) is 10.2 Å². The van der Waals surface area contributed by atoms with Crippen LogP contribution < -0.4 is 5.56 Å². The van der Waals surface area contributed by atoms with Gasteiger partial charge in [0.15, 0.2) is 0 Å². The predicted octanol–water partition coefficient (Wildman–Crippen LogP) is 4.16. The molecule has 0 spiro atoms. The Labute approximate surface area is 174 Å². The van der Waals surface area contributed by atoms with E-state index in [1.165, 1.54) is 28.7 Å². The number of aromatic nitrogens is 2. The Bertz CT molecular complexity index is 956. The molecule has 3 rings (SSSR count). The van der Waals surface area contributed by atoms with Crippen molar-refractivity contribution in [2.45, 2.75) is 84.5 Å². The Hall–Kier alpha value is -2.22. The maximum Gasteiger partial charge on any atom is 0.348 e. The molecule has 1 saturated carbocycles. The number of nitrogens with zero attached hydrogens (tertiary/aromatic N) is 2. The molecule has 2 aromatic heterocycles. The lowest BCUT2D eigenvalue weighted by Gasteiger charge is -2.21. The summed E-state index contributed by atoms with van der Waals surface area (Å²) >= 11 is 1.17. The lowest BCUT2D eigenvalue weighted by atomic mass is 9.98. The molecule has 7 nitrogen and oxygen atoms in total. The molecule has 2 heterocycles. The Morgan fingerprint density at radius 2 is 1.97 bits per heavy atom. The van der Waals surface area contributed by atoms with Gasteiger partial charge in [-0.3, -0.25) is 9.36 Å². The van der Waals surface area contributed by atoms with Crippen LogP contribution in [-0.2, 0) is 14.3 Å². The fourth-order valence-corrected chi connectivity index (χ4v) is 4.75. The van der Waals surface area contributed by atoms with Crippen LogP contribution in [0.3, 0.4) is 0 Å². The number of hydrogen-bond donors (Lipinski definition) is 0. The fraction of sp³-hybridized carbons (Fsp3) is 0.619. The molecule has 0 radical (unpaired) electrons. The maximum atomic E-state index is 13.1. The number of carbonyl (C=O) groups excluding carboxylic acids is 2. The van der Waals surface area contributed by atoms with Crippen molar-refractivity contribution in [1.82, 2.24) is 9.55 Å². The second-order valence-corrected chi connectivity index (χ2v) is 8.77. The average molecular weight is 421 g/mol. The Balaban J connectivity index is 1.94. The minimum absolute atomic E-state index is 0.0549. The second kappa shape index (κ2) is 9.07.